The van der Waals surface area contributed by atoms with Gasteiger partial charge in [0.05, 0.1) is 25.2 Å². The lowest BCUT2D eigenvalue weighted by molar-refractivity contribution is -0.141. The smallest absolute Gasteiger partial charge is 0.326 e. The minimum atomic E-state index is -1.23. The van der Waals surface area contributed by atoms with E-state index in [2.05, 4.69) is 35.9 Å². The highest BCUT2D eigenvalue weighted by atomic mass is 16.4. The molecule has 0 aromatic carbocycles. The van der Waals surface area contributed by atoms with Crippen LogP contribution in [0.5, 0.6) is 0 Å². The molecule has 2 heterocycles. The van der Waals surface area contributed by atoms with Crippen LogP contribution in [0.4, 0.5) is 0 Å². The van der Waals surface area contributed by atoms with Crippen molar-refractivity contribution >= 4 is 23.7 Å². The normalized spacial score (nSPS) is 13.7. The summed E-state index contributed by atoms with van der Waals surface area (Å²) in [5.41, 5.74) is 7.01. The maximum atomic E-state index is 12.1. The van der Waals surface area contributed by atoms with E-state index in [-0.39, 0.29) is 12.8 Å². The second kappa shape index (κ2) is 10.7. The van der Waals surface area contributed by atoms with Gasteiger partial charge in [-0.25, -0.2) is 14.8 Å². The van der Waals surface area contributed by atoms with Gasteiger partial charge in [-0.15, -0.1) is 0 Å². The molecule has 3 amide bonds. The first-order valence-corrected chi connectivity index (χ1v) is 9.06. The lowest BCUT2D eigenvalue weighted by atomic mass is 10.1. The zero-order valence-electron chi connectivity index (χ0n) is 16.2. The number of carboxylic acid groups (broad SMARTS) is 1. The van der Waals surface area contributed by atoms with Crippen molar-refractivity contribution < 1.29 is 24.3 Å². The summed E-state index contributed by atoms with van der Waals surface area (Å²) in [6, 6.07) is -3.02. The first-order valence-electron chi connectivity index (χ1n) is 9.06. The number of rotatable bonds is 11. The van der Waals surface area contributed by atoms with Crippen LogP contribution in [-0.2, 0) is 32.0 Å². The summed E-state index contributed by atoms with van der Waals surface area (Å²) in [6.45, 7) is 0.984. The molecule has 3 atom stereocenters. The molecule has 0 fully saturated rings. The Hall–Kier alpha value is -3.74. The minimum Gasteiger partial charge on any atom is -0.480 e. The van der Waals surface area contributed by atoms with Crippen LogP contribution < -0.4 is 21.7 Å². The molecule has 2 aromatic rings. The third-order valence-corrected chi connectivity index (χ3v) is 4.12. The fraction of sp³-hybridized carbons (Fsp3) is 0.412. The summed E-state index contributed by atoms with van der Waals surface area (Å²) >= 11 is 0. The monoisotopic (exact) mass is 420 g/mol. The average molecular weight is 420 g/mol. The first kappa shape index (κ1) is 22.5. The fourth-order valence-corrected chi connectivity index (χ4v) is 2.49. The Morgan fingerprint density at radius 1 is 1.03 bits per heavy atom. The molecular formula is C17H24N8O5. The number of aliphatic carboxylic acids is 1. The van der Waals surface area contributed by atoms with Gasteiger partial charge in [0, 0.05) is 36.6 Å². The minimum absolute atomic E-state index is 0.00962. The van der Waals surface area contributed by atoms with Crippen molar-refractivity contribution in [1.29, 1.82) is 0 Å². The van der Waals surface area contributed by atoms with Crippen LogP contribution in [0, 0.1) is 0 Å². The quantitative estimate of drug-likeness (QED) is 0.205. The zero-order chi connectivity index (χ0) is 22.1. The topological polar surface area (TPSA) is 208 Å². The summed E-state index contributed by atoms with van der Waals surface area (Å²) < 4.78 is 0. The first-order chi connectivity index (χ1) is 14.3. The molecule has 162 valence electrons. The third kappa shape index (κ3) is 7.01. The van der Waals surface area contributed by atoms with Crippen molar-refractivity contribution in [3.63, 3.8) is 0 Å². The molecule has 0 aliphatic carbocycles. The zero-order valence-corrected chi connectivity index (χ0v) is 16.2. The Bertz CT molecular complexity index is 852. The van der Waals surface area contributed by atoms with E-state index in [1.165, 1.54) is 25.8 Å². The number of H-pyrrole nitrogens is 2. The summed E-state index contributed by atoms with van der Waals surface area (Å²) in [5, 5.41) is 16.3. The molecule has 0 saturated heterocycles. The van der Waals surface area contributed by atoms with Crippen LogP contribution in [0.1, 0.15) is 18.3 Å². The SMILES string of the molecule is C[C@H](NC(=O)[C@@H](N)Cc1cnc[nH]1)C(=O)NCC(=O)N[C@@H](Cc1cnc[nH]1)C(=O)O. The van der Waals surface area contributed by atoms with E-state index < -0.39 is 48.4 Å². The number of aromatic nitrogens is 4. The van der Waals surface area contributed by atoms with Gasteiger partial charge in [0.2, 0.25) is 17.7 Å². The number of nitrogens with one attached hydrogen (secondary N) is 5. The van der Waals surface area contributed by atoms with Crippen molar-refractivity contribution in [1.82, 2.24) is 35.9 Å². The lowest BCUT2D eigenvalue weighted by Gasteiger charge is -2.18. The van der Waals surface area contributed by atoms with Gasteiger partial charge in [0.25, 0.3) is 0 Å². The van der Waals surface area contributed by atoms with Crippen LogP contribution in [-0.4, -0.2) is 73.4 Å². The van der Waals surface area contributed by atoms with Crippen LogP contribution in [0.15, 0.2) is 25.0 Å². The fourth-order valence-electron chi connectivity index (χ4n) is 2.49. The molecule has 0 bridgehead atoms. The summed E-state index contributed by atoms with van der Waals surface area (Å²) in [5.74, 6) is -3.07. The van der Waals surface area contributed by atoms with Gasteiger partial charge in [0.1, 0.15) is 12.1 Å². The number of hydrogen-bond donors (Lipinski definition) is 7. The van der Waals surface area contributed by atoms with Crippen molar-refractivity contribution in [2.45, 2.75) is 37.9 Å². The highest BCUT2D eigenvalue weighted by Gasteiger charge is 2.23. The van der Waals surface area contributed by atoms with E-state index in [9.17, 15) is 24.3 Å². The summed E-state index contributed by atoms with van der Waals surface area (Å²) in [4.78, 5) is 60.7. The highest BCUT2D eigenvalue weighted by molar-refractivity contribution is 5.92. The number of nitrogens with zero attached hydrogens (tertiary/aromatic N) is 2. The third-order valence-electron chi connectivity index (χ3n) is 4.12. The summed E-state index contributed by atoms with van der Waals surface area (Å²) in [7, 11) is 0. The number of carbonyl (C=O) groups excluding carboxylic acids is 3. The molecule has 0 aliphatic rings. The largest absolute Gasteiger partial charge is 0.480 e. The number of carbonyl (C=O) groups is 4. The van der Waals surface area contributed by atoms with Crippen LogP contribution >= 0.6 is 0 Å². The number of imidazole rings is 2. The van der Waals surface area contributed by atoms with Gasteiger partial charge in [-0.05, 0) is 6.92 Å². The van der Waals surface area contributed by atoms with Gasteiger partial charge < -0.3 is 36.8 Å². The number of hydrogen-bond acceptors (Lipinski definition) is 7. The number of aromatic amines is 2. The van der Waals surface area contributed by atoms with Gasteiger partial charge >= 0.3 is 5.97 Å². The molecule has 2 aromatic heterocycles. The predicted octanol–water partition coefficient (Wildman–Crippen LogP) is -2.56. The maximum Gasteiger partial charge on any atom is 0.326 e. The molecule has 2 rings (SSSR count). The van der Waals surface area contributed by atoms with Gasteiger partial charge in [-0.2, -0.15) is 0 Å². The molecule has 0 aliphatic heterocycles. The van der Waals surface area contributed by atoms with Gasteiger partial charge in [-0.3, -0.25) is 14.4 Å². The number of nitrogens with two attached hydrogens (primary N) is 1. The molecule has 0 unspecified atom stereocenters. The van der Waals surface area contributed by atoms with E-state index in [0.717, 1.165) is 0 Å². The van der Waals surface area contributed by atoms with Crippen molar-refractivity contribution in [2.75, 3.05) is 6.54 Å². The van der Waals surface area contributed by atoms with Crippen molar-refractivity contribution in [3.8, 4) is 0 Å². The van der Waals surface area contributed by atoms with Crippen LogP contribution in [0.2, 0.25) is 0 Å². The second-order valence-electron chi connectivity index (χ2n) is 6.57. The van der Waals surface area contributed by atoms with E-state index in [4.69, 9.17) is 5.73 Å². The van der Waals surface area contributed by atoms with E-state index in [0.29, 0.717) is 11.4 Å². The lowest BCUT2D eigenvalue weighted by Crippen LogP contribution is -2.53. The van der Waals surface area contributed by atoms with Gasteiger partial charge in [-0.1, -0.05) is 0 Å². The molecule has 8 N–H and O–H groups in total. The molecule has 0 spiro atoms. The van der Waals surface area contributed by atoms with E-state index in [1.54, 1.807) is 6.20 Å². The molecule has 30 heavy (non-hydrogen) atoms. The molecule has 0 saturated carbocycles. The molecule has 13 nitrogen and oxygen atoms in total. The second-order valence-corrected chi connectivity index (χ2v) is 6.57. The van der Waals surface area contributed by atoms with E-state index >= 15 is 0 Å². The number of carboxylic acids is 1. The molecule has 13 heteroatoms. The Balaban J connectivity index is 1.75. The van der Waals surface area contributed by atoms with Crippen LogP contribution in [0.25, 0.3) is 0 Å². The van der Waals surface area contributed by atoms with Gasteiger partial charge in [0.15, 0.2) is 0 Å². The highest BCUT2D eigenvalue weighted by Crippen LogP contribution is 1.99. The number of amides is 3. The molecule has 0 radical (unpaired) electrons. The van der Waals surface area contributed by atoms with Crippen LogP contribution in [0.3, 0.4) is 0 Å². The average Bonchev–Trinajstić information content (AvgIpc) is 3.39. The predicted molar refractivity (Wildman–Crippen MR) is 103 cm³/mol. The Morgan fingerprint density at radius 2 is 1.63 bits per heavy atom. The van der Waals surface area contributed by atoms with E-state index in [1.807, 2.05) is 0 Å². The van der Waals surface area contributed by atoms with Crippen molar-refractivity contribution in [2.24, 2.45) is 5.73 Å². The Morgan fingerprint density at radius 3 is 2.17 bits per heavy atom. The molecular weight excluding hydrogens is 396 g/mol. The Labute approximate surface area is 171 Å². The summed E-state index contributed by atoms with van der Waals surface area (Å²) in [6.07, 6.45) is 6.08. The maximum absolute atomic E-state index is 12.1. The Kier molecular flexibility index (Phi) is 8.05. The standard InChI is InChI=1S/C17H24N8O5/c1-9(24-16(28)12(18)2-10-4-19-7-22-10)15(27)21-6-14(26)25-13(17(29)30)3-11-5-20-8-23-11/h4-5,7-9,12-13H,2-3,6,18H2,1H3,(H,19,22)(H,20,23)(H,21,27)(H,24,28)(H,25,26)(H,29,30)/t9-,12-,13-/m0/s1. The van der Waals surface area contributed by atoms with Crippen molar-refractivity contribution in [3.05, 3.63) is 36.4 Å².